The number of aromatic nitrogens is 2. The van der Waals surface area contributed by atoms with Crippen molar-refractivity contribution < 1.29 is 14.7 Å². The van der Waals surface area contributed by atoms with Gasteiger partial charge in [0.2, 0.25) is 0 Å². The highest BCUT2D eigenvalue weighted by atomic mass is 16.4. The number of rotatable bonds is 5. The number of amides is 1. The van der Waals surface area contributed by atoms with Crippen LogP contribution in [0.5, 0.6) is 0 Å². The number of nitrogens with one attached hydrogen (secondary N) is 2. The summed E-state index contributed by atoms with van der Waals surface area (Å²) in [4.78, 5) is 23.6. The number of carbonyl (C=O) groups is 2. The smallest absolute Gasteiger partial charge is 0.326 e. The summed E-state index contributed by atoms with van der Waals surface area (Å²) in [6, 6.07) is 2.75. The second kappa shape index (κ2) is 5.95. The van der Waals surface area contributed by atoms with Crippen LogP contribution in [-0.2, 0) is 4.79 Å². The molecule has 2 aromatic rings. The Kier molecular flexibility index (Phi) is 4.26. The van der Waals surface area contributed by atoms with Crippen molar-refractivity contribution >= 4 is 22.8 Å². The van der Waals surface area contributed by atoms with Crippen LogP contribution in [-0.4, -0.2) is 33.2 Å². The van der Waals surface area contributed by atoms with Crippen molar-refractivity contribution in [1.82, 2.24) is 15.5 Å². The van der Waals surface area contributed by atoms with Crippen LogP contribution >= 0.6 is 0 Å². The Hall–Kier alpha value is -2.37. The van der Waals surface area contributed by atoms with Gasteiger partial charge in [0.15, 0.2) is 0 Å². The zero-order valence-electron chi connectivity index (χ0n) is 12.3. The van der Waals surface area contributed by atoms with E-state index in [2.05, 4.69) is 15.5 Å². The van der Waals surface area contributed by atoms with Gasteiger partial charge < -0.3 is 10.4 Å². The fraction of sp³-hybridized carbons (Fsp3) is 0.400. The highest BCUT2D eigenvalue weighted by Gasteiger charge is 2.23. The SMILES string of the molecule is Cc1cc(C(=O)N[C@@H](CC(C)C)C(=O)O)c2[nH]ncc2c1. The molecule has 1 aromatic heterocycles. The van der Waals surface area contributed by atoms with E-state index in [1.807, 2.05) is 26.8 Å². The van der Waals surface area contributed by atoms with Gasteiger partial charge in [-0.15, -0.1) is 0 Å². The summed E-state index contributed by atoms with van der Waals surface area (Å²) in [5.74, 6) is -1.25. The molecule has 0 saturated heterocycles. The first kappa shape index (κ1) is 15.0. The molecule has 0 bridgehead atoms. The van der Waals surface area contributed by atoms with Gasteiger partial charge in [0.1, 0.15) is 6.04 Å². The van der Waals surface area contributed by atoms with E-state index in [1.165, 1.54) is 0 Å². The van der Waals surface area contributed by atoms with E-state index in [0.717, 1.165) is 10.9 Å². The Morgan fingerprint density at radius 2 is 2.10 bits per heavy atom. The van der Waals surface area contributed by atoms with Crippen LogP contribution in [0.1, 0.15) is 36.2 Å². The van der Waals surface area contributed by atoms with Gasteiger partial charge in [0.05, 0.1) is 17.3 Å². The largest absolute Gasteiger partial charge is 0.480 e. The fourth-order valence-corrected chi connectivity index (χ4v) is 2.32. The van der Waals surface area contributed by atoms with E-state index in [4.69, 9.17) is 0 Å². The van der Waals surface area contributed by atoms with E-state index in [-0.39, 0.29) is 5.92 Å². The minimum atomic E-state index is -1.02. The van der Waals surface area contributed by atoms with Crippen LogP contribution < -0.4 is 5.32 Å². The quantitative estimate of drug-likeness (QED) is 0.785. The van der Waals surface area contributed by atoms with Gasteiger partial charge in [-0.25, -0.2) is 4.79 Å². The number of H-pyrrole nitrogens is 1. The highest BCUT2D eigenvalue weighted by Crippen LogP contribution is 2.19. The second-order valence-corrected chi connectivity index (χ2v) is 5.64. The van der Waals surface area contributed by atoms with Crippen LogP contribution in [0, 0.1) is 12.8 Å². The third-order valence-electron chi connectivity index (χ3n) is 3.25. The number of aryl methyl sites for hydroxylation is 1. The molecule has 6 heteroatoms. The molecule has 1 atom stereocenters. The van der Waals surface area contributed by atoms with Gasteiger partial charge >= 0.3 is 5.97 Å². The zero-order chi connectivity index (χ0) is 15.6. The van der Waals surface area contributed by atoms with Gasteiger partial charge in [0.25, 0.3) is 5.91 Å². The predicted octanol–water partition coefficient (Wildman–Crippen LogP) is 2.10. The van der Waals surface area contributed by atoms with Gasteiger partial charge in [-0.1, -0.05) is 13.8 Å². The monoisotopic (exact) mass is 289 g/mol. The first-order chi connectivity index (χ1) is 9.88. The fourth-order valence-electron chi connectivity index (χ4n) is 2.32. The molecule has 0 aliphatic heterocycles. The second-order valence-electron chi connectivity index (χ2n) is 5.64. The molecule has 1 amide bonds. The molecule has 6 nitrogen and oxygen atoms in total. The van der Waals surface area contributed by atoms with Crippen molar-refractivity contribution in [2.75, 3.05) is 0 Å². The Morgan fingerprint density at radius 1 is 1.38 bits per heavy atom. The third-order valence-corrected chi connectivity index (χ3v) is 3.25. The van der Waals surface area contributed by atoms with Crippen LogP contribution in [0.25, 0.3) is 10.9 Å². The summed E-state index contributed by atoms with van der Waals surface area (Å²) in [6.07, 6.45) is 2.03. The van der Waals surface area contributed by atoms with Gasteiger partial charge in [0, 0.05) is 5.39 Å². The lowest BCUT2D eigenvalue weighted by Gasteiger charge is -2.16. The standard InChI is InChI=1S/C15H19N3O3/c1-8(2)4-12(15(20)21)17-14(19)11-6-9(3)5-10-7-16-18-13(10)11/h5-8,12H,4H2,1-3H3,(H,16,18)(H,17,19)(H,20,21)/t12-/m0/s1. The molecular formula is C15H19N3O3. The van der Waals surface area contributed by atoms with E-state index < -0.39 is 17.9 Å². The molecule has 0 aliphatic carbocycles. The van der Waals surface area contributed by atoms with Crippen molar-refractivity contribution in [2.45, 2.75) is 33.2 Å². The number of fused-ring (bicyclic) bond motifs is 1. The third kappa shape index (κ3) is 3.39. The highest BCUT2D eigenvalue weighted by molar-refractivity contribution is 6.06. The van der Waals surface area contributed by atoms with Gasteiger partial charge in [-0.05, 0) is 37.0 Å². The number of hydrogen-bond donors (Lipinski definition) is 3. The first-order valence-corrected chi connectivity index (χ1v) is 6.86. The molecule has 0 saturated carbocycles. The van der Waals surface area contributed by atoms with Gasteiger partial charge in [-0.3, -0.25) is 9.89 Å². The summed E-state index contributed by atoms with van der Waals surface area (Å²) in [5.41, 5.74) is 1.95. The molecular weight excluding hydrogens is 270 g/mol. The molecule has 0 aliphatic rings. The number of benzene rings is 1. The van der Waals surface area contributed by atoms with E-state index in [1.54, 1.807) is 12.3 Å². The lowest BCUT2D eigenvalue weighted by Crippen LogP contribution is -2.41. The van der Waals surface area contributed by atoms with Crippen molar-refractivity contribution in [2.24, 2.45) is 5.92 Å². The van der Waals surface area contributed by atoms with Crippen molar-refractivity contribution in [3.05, 3.63) is 29.5 Å². The molecule has 1 heterocycles. The van der Waals surface area contributed by atoms with E-state index >= 15 is 0 Å². The summed E-state index contributed by atoms with van der Waals surface area (Å²) in [5, 5.41) is 19.3. The van der Waals surface area contributed by atoms with Crippen LogP contribution in [0.15, 0.2) is 18.3 Å². The molecule has 0 unspecified atom stereocenters. The Labute approximate surface area is 122 Å². The minimum Gasteiger partial charge on any atom is -0.480 e. The molecule has 2 rings (SSSR count). The summed E-state index contributed by atoms with van der Waals surface area (Å²) < 4.78 is 0. The number of carboxylic acid groups (broad SMARTS) is 1. The molecule has 112 valence electrons. The molecule has 21 heavy (non-hydrogen) atoms. The van der Waals surface area contributed by atoms with Crippen molar-refractivity contribution in [3.8, 4) is 0 Å². The number of aliphatic carboxylic acids is 1. The summed E-state index contributed by atoms with van der Waals surface area (Å²) in [6.45, 7) is 5.72. The van der Waals surface area contributed by atoms with Crippen molar-refractivity contribution in [3.63, 3.8) is 0 Å². The number of aromatic amines is 1. The number of carboxylic acids is 1. The first-order valence-electron chi connectivity index (χ1n) is 6.86. The molecule has 0 fully saturated rings. The van der Waals surface area contributed by atoms with Crippen molar-refractivity contribution in [1.29, 1.82) is 0 Å². The number of carbonyl (C=O) groups excluding carboxylic acids is 1. The van der Waals surface area contributed by atoms with Crippen LogP contribution in [0.4, 0.5) is 0 Å². The number of nitrogens with zero attached hydrogens (tertiary/aromatic N) is 1. The summed E-state index contributed by atoms with van der Waals surface area (Å²) in [7, 11) is 0. The Morgan fingerprint density at radius 3 is 2.71 bits per heavy atom. The molecule has 0 radical (unpaired) electrons. The van der Waals surface area contributed by atoms with E-state index in [9.17, 15) is 14.7 Å². The van der Waals surface area contributed by atoms with E-state index in [0.29, 0.717) is 17.5 Å². The Bertz CT molecular complexity index is 676. The maximum Gasteiger partial charge on any atom is 0.326 e. The van der Waals surface area contributed by atoms with Crippen LogP contribution in [0.2, 0.25) is 0 Å². The van der Waals surface area contributed by atoms with Gasteiger partial charge in [-0.2, -0.15) is 5.10 Å². The lowest BCUT2D eigenvalue weighted by atomic mass is 10.0. The molecule has 0 spiro atoms. The maximum atomic E-state index is 12.4. The lowest BCUT2D eigenvalue weighted by molar-refractivity contribution is -0.139. The molecule has 3 N–H and O–H groups in total. The average molecular weight is 289 g/mol. The zero-order valence-corrected chi connectivity index (χ0v) is 12.3. The maximum absolute atomic E-state index is 12.4. The minimum absolute atomic E-state index is 0.177. The Balaban J connectivity index is 2.29. The predicted molar refractivity (Wildman–Crippen MR) is 79.2 cm³/mol. The van der Waals surface area contributed by atoms with Crippen LogP contribution in [0.3, 0.4) is 0 Å². The normalized spacial score (nSPS) is 12.6. The summed E-state index contributed by atoms with van der Waals surface area (Å²) >= 11 is 0. The molecule has 1 aromatic carbocycles. The topological polar surface area (TPSA) is 95.1 Å². The average Bonchev–Trinajstić information content (AvgIpc) is 2.83. The number of hydrogen-bond acceptors (Lipinski definition) is 3.